The molecule has 14 heteroatoms. The molecule has 2 aromatic heterocycles. The van der Waals surface area contributed by atoms with Gasteiger partial charge in [0.15, 0.2) is 0 Å². The molecule has 0 aliphatic carbocycles. The summed E-state index contributed by atoms with van der Waals surface area (Å²) in [5, 5.41) is 16.1. The predicted octanol–water partition coefficient (Wildman–Crippen LogP) is 2.32. The minimum atomic E-state index is -4.43. The Kier molecular flexibility index (Phi) is 8.81. The zero-order valence-electron chi connectivity index (χ0n) is 23.8. The van der Waals surface area contributed by atoms with Crippen LogP contribution in [0.3, 0.4) is 0 Å². The number of carbonyl (C=O) groups excluding carboxylic acids is 1. The van der Waals surface area contributed by atoms with Crippen molar-refractivity contribution in [3.63, 3.8) is 0 Å². The maximum absolute atomic E-state index is 14.7. The number of methoxy groups -OCH3 is 1. The number of amides is 1. The van der Waals surface area contributed by atoms with E-state index in [0.717, 1.165) is 0 Å². The van der Waals surface area contributed by atoms with Crippen LogP contribution < -0.4 is 19.8 Å². The Morgan fingerprint density at radius 3 is 2.72 bits per heavy atom. The fraction of sp³-hybridized carbons (Fsp3) is 0.448. The van der Waals surface area contributed by atoms with Crippen LogP contribution in [0.25, 0.3) is 5.52 Å². The van der Waals surface area contributed by atoms with Gasteiger partial charge in [-0.15, -0.1) is 0 Å². The molecular weight excluding hydrogens is 635 g/mol. The molecule has 0 bridgehead atoms. The van der Waals surface area contributed by atoms with Crippen molar-refractivity contribution in [3.8, 4) is 17.6 Å². The van der Waals surface area contributed by atoms with Crippen LogP contribution in [0.5, 0.6) is 5.75 Å². The minimum absolute atomic E-state index is 0.00161. The first-order chi connectivity index (χ1) is 20.3. The first-order valence-electron chi connectivity index (χ1n) is 13.6. The Morgan fingerprint density at radius 2 is 2.05 bits per heavy atom. The molecule has 230 valence electrons. The van der Waals surface area contributed by atoms with Gasteiger partial charge in [-0.1, -0.05) is 0 Å². The molecule has 2 aliphatic heterocycles. The Balaban J connectivity index is 1.34. The van der Waals surface area contributed by atoms with Gasteiger partial charge in [-0.25, -0.2) is 0 Å². The molecule has 3 aromatic rings. The number of nitrogens with one attached hydrogen (secondary N) is 2. The molecule has 1 aromatic carbocycles. The molecule has 5 rings (SSSR count). The zero-order valence-corrected chi connectivity index (χ0v) is 25.5. The third-order valence-electron chi connectivity index (χ3n) is 7.28. The van der Waals surface area contributed by atoms with E-state index in [0.29, 0.717) is 35.8 Å². The molecule has 2 atom stereocenters. The fourth-order valence-electron chi connectivity index (χ4n) is 5.20. The third-order valence-corrected chi connectivity index (χ3v) is 9.04. The van der Waals surface area contributed by atoms with E-state index in [1.165, 1.54) is 16.5 Å². The molecule has 9 nitrogen and oxygen atoms in total. The predicted molar refractivity (Wildman–Crippen MR) is 156 cm³/mol. The van der Waals surface area contributed by atoms with Crippen LogP contribution in [0.1, 0.15) is 29.4 Å². The number of anilines is 2. The number of β-amino-alcohol motifs (C(OH)–C–C–N with tert-alkyl or cyclic N) is 1. The van der Waals surface area contributed by atoms with Crippen molar-refractivity contribution >= 4 is 42.3 Å². The van der Waals surface area contributed by atoms with Crippen molar-refractivity contribution in [1.82, 2.24) is 19.4 Å². The molecule has 0 saturated carbocycles. The maximum atomic E-state index is 14.7. The van der Waals surface area contributed by atoms with Crippen LogP contribution in [0, 0.1) is 11.8 Å². The van der Waals surface area contributed by atoms with Crippen LogP contribution in [0.15, 0.2) is 36.4 Å². The number of hydrogen-bond acceptors (Lipinski definition) is 7. The van der Waals surface area contributed by atoms with Gasteiger partial charge in [0.05, 0.1) is 18.7 Å². The summed E-state index contributed by atoms with van der Waals surface area (Å²) in [5.74, 6) is 6.20. The molecule has 0 radical (unpaired) electrons. The topological polar surface area (TPSA) is 94.4 Å². The Labute approximate surface area is 252 Å². The monoisotopic (exact) mass is 668 g/mol. The number of fused-ring (bicyclic) bond motifs is 1. The van der Waals surface area contributed by atoms with Gasteiger partial charge in [0.2, 0.25) is 0 Å². The summed E-state index contributed by atoms with van der Waals surface area (Å²) in [6, 6.07) is 9.23. The number of carbonyl (C=O) groups is 1. The van der Waals surface area contributed by atoms with Gasteiger partial charge in [0, 0.05) is 0 Å². The second-order valence-electron chi connectivity index (χ2n) is 11.0. The molecule has 3 N–H and O–H groups in total. The number of aromatic nitrogens is 2. The van der Waals surface area contributed by atoms with Gasteiger partial charge in [-0.05, 0) is 6.92 Å². The van der Waals surface area contributed by atoms with Gasteiger partial charge in [0.1, 0.15) is 0 Å². The molecule has 4 heterocycles. The van der Waals surface area contributed by atoms with E-state index in [2.05, 4.69) is 27.6 Å². The number of hydrogen-bond donors (Lipinski definition) is 3. The molecule has 2 aliphatic rings. The molecule has 2 unspecified atom stereocenters. The second-order valence-corrected chi connectivity index (χ2v) is 13.2. The van der Waals surface area contributed by atoms with Gasteiger partial charge >= 0.3 is 222 Å². The summed E-state index contributed by atoms with van der Waals surface area (Å²) in [5.41, 5.74) is 0.338. The standard InChI is InChI=1S/C29H32F4N6O3Se/c1-28(41)16-38(17-28)27(40)18-9-10-21(24(14-18)42-3)34-12-5-6-22-26(43-29(31,32)33)23-7-4-8-25(39(23)36-22)35-20-11-13-37(2)15-19(20)30/h4,7-10,14,19-20,34-35,41H,11-13,15-17H2,1-3H3. The van der Waals surface area contributed by atoms with E-state index in [1.54, 1.807) is 43.3 Å². The van der Waals surface area contributed by atoms with E-state index >= 15 is 0 Å². The Bertz CT molecular complexity index is 1560. The van der Waals surface area contributed by atoms with Crippen LogP contribution in [0.2, 0.25) is 0 Å². The number of likely N-dealkylation sites (tertiary alicyclic amines) is 2. The summed E-state index contributed by atoms with van der Waals surface area (Å²) in [6.07, 6.45) is -0.587. The SMILES string of the molecule is COc1cc(C(=O)N2CC(C)(O)C2)ccc1NCC#Cc1nn2c(NC3CCN(C)CC3F)cccc2c1[Se]C(F)(F)F. The summed E-state index contributed by atoms with van der Waals surface area (Å²) >= 11 is -1.91. The summed E-state index contributed by atoms with van der Waals surface area (Å²) in [6.45, 7) is 3.19. The van der Waals surface area contributed by atoms with Gasteiger partial charge in [-0.2, -0.15) is 0 Å². The number of nitrogens with zero attached hydrogens (tertiary/aromatic N) is 4. The van der Waals surface area contributed by atoms with Crippen molar-refractivity contribution in [3.05, 3.63) is 47.7 Å². The van der Waals surface area contributed by atoms with Crippen molar-refractivity contribution in [2.45, 2.75) is 36.2 Å². The number of piperidine rings is 1. The number of halogens is 4. The summed E-state index contributed by atoms with van der Waals surface area (Å²) in [7, 11) is 3.30. The number of benzene rings is 1. The van der Waals surface area contributed by atoms with Crippen LogP contribution in [-0.4, -0.2) is 115 Å². The van der Waals surface area contributed by atoms with E-state index in [9.17, 15) is 27.5 Å². The number of alkyl halides is 4. The normalized spacial score (nSPS) is 20.2. The van der Waals surface area contributed by atoms with E-state index in [-0.39, 0.29) is 47.8 Å². The molecule has 0 spiro atoms. The number of rotatable bonds is 7. The van der Waals surface area contributed by atoms with Crippen LogP contribution >= 0.6 is 0 Å². The Morgan fingerprint density at radius 1 is 1.28 bits per heavy atom. The van der Waals surface area contributed by atoms with E-state index in [1.807, 2.05) is 11.9 Å². The Hall–Kier alpha value is -3.50. The fourth-order valence-corrected chi connectivity index (χ4v) is 6.63. The first-order valence-corrected chi connectivity index (χ1v) is 15.3. The number of pyridine rings is 1. The van der Waals surface area contributed by atoms with Crippen molar-refractivity contribution in [2.75, 3.05) is 57.5 Å². The molecule has 2 fully saturated rings. The van der Waals surface area contributed by atoms with Crippen LogP contribution in [0.4, 0.5) is 29.1 Å². The summed E-state index contributed by atoms with van der Waals surface area (Å²) < 4.78 is 62.3. The van der Waals surface area contributed by atoms with Gasteiger partial charge in [0.25, 0.3) is 0 Å². The van der Waals surface area contributed by atoms with Crippen molar-refractivity contribution < 1.29 is 32.2 Å². The first kappa shape index (κ1) is 30.9. The number of aliphatic hydroxyl groups is 1. The molecule has 1 amide bonds. The molecule has 43 heavy (non-hydrogen) atoms. The van der Waals surface area contributed by atoms with Gasteiger partial charge in [-0.3, -0.25) is 0 Å². The summed E-state index contributed by atoms with van der Waals surface area (Å²) in [4.78, 5) is 16.1. The molecular formula is C29H32F4N6O3Se. The zero-order chi connectivity index (χ0) is 30.9. The number of ether oxygens (including phenoxy) is 1. The quantitative estimate of drug-likeness (QED) is 0.203. The van der Waals surface area contributed by atoms with Gasteiger partial charge < -0.3 is 5.11 Å². The second kappa shape index (κ2) is 12.2. The molecule has 2 saturated heterocycles. The van der Waals surface area contributed by atoms with Crippen molar-refractivity contribution in [1.29, 1.82) is 0 Å². The average molecular weight is 668 g/mol. The van der Waals surface area contributed by atoms with Crippen molar-refractivity contribution in [2.24, 2.45) is 0 Å². The third kappa shape index (κ3) is 7.18. The van der Waals surface area contributed by atoms with E-state index < -0.39 is 37.8 Å². The van der Waals surface area contributed by atoms with E-state index in [4.69, 9.17) is 4.74 Å². The van der Waals surface area contributed by atoms with Crippen LogP contribution in [-0.2, 0) is 0 Å². The average Bonchev–Trinajstić information content (AvgIpc) is 3.27.